The zero-order valence-corrected chi connectivity index (χ0v) is 17.5. The van der Waals surface area contributed by atoms with Crippen molar-refractivity contribution < 1.29 is 14.5 Å². The largest absolute Gasteiger partial charge is 0.350 e. The van der Waals surface area contributed by atoms with E-state index in [0.29, 0.717) is 17.1 Å². The van der Waals surface area contributed by atoms with Crippen LogP contribution in [0.15, 0.2) is 48.5 Å². The van der Waals surface area contributed by atoms with E-state index in [1.165, 1.54) is 10.5 Å². The Morgan fingerprint density at radius 1 is 1.00 bits per heavy atom. The van der Waals surface area contributed by atoms with Crippen LogP contribution in [0.4, 0.5) is 0 Å². The van der Waals surface area contributed by atoms with Gasteiger partial charge in [-0.05, 0) is 38.5 Å². The van der Waals surface area contributed by atoms with Crippen LogP contribution >= 0.6 is 11.6 Å². The van der Waals surface area contributed by atoms with Crippen LogP contribution in [0.25, 0.3) is 0 Å². The minimum absolute atomic E-state index is 0.239. The first-order valence-electron chi connectivity index (χ1n) is 9.69. The number of hydrogen-bond acceptors (Lipinski definition) is 2. The SMILES string of the molecule is CC[NH+](CC)Cc1ccc(CNC(=O)[C@H](C)NC(=O)c2ccccc2Cl)cc1. The Morgan fingerprint density at radius 2 is 1.61 bits per heavy atom. The molecule has 150 valence electrons. The van der Waals surface area contributed by atoms with Gasteiger partial charge in [-0.15, -0.1) is 0 Å². The highest BCUT2D eigenvalue weighted by Crippen LogP contribution is 2.14. The molecule has 1 atom stereocenters. The van der Waals surface area contributed by atoms with E-state index in [4.69, 9.17) is 11.6 Å². The van der Waals surface area contributed by atoms with Gasteiger partial charge >= 0.3 is 0 Å². The zero-order valence-electron chi connectivity index (χ0n) is 16.7. The Hall–Kier alpha value is -2.37. The quantitative estimate of drug-likeness (QED) is 0.602. The predicted octanol–water partition coefficient (Wildman–Crippen LogP) is 2.20. The lowest BCUT2D eigenvalue weighted by atomic mass is 10.1. The number of benzene rings is 2. The molecule has 0 radical (unpaired) electrons. The van der Waals surface area contributed by atoms with E-state index >= 15 is 0 Å². The number of carbonyl (C=O) groups is 2. The van der Waals surface area contributed by atoms with Gasteiger partial charge in [-0.25, -0.2) is 0 Å². The van der Waals surface area contributed by atoms with E-state index in [1.54, 1.807) is 31.2 Å². The van der Waals surface area contributed by atoms with Crippen molar-refractivity contribution in [1.82, 2.24) is 10.6 Å². The molecule has 28 heavy (non-hydrogen) atoms. The lowest BCUT2D eigenvalue weighted by Gasteiger charge is -2.16. The van der Waals surface area contributed by atoms with Crippen LogP contribution in [0.2, 0.25) is 5.02 Å². The van der Waals surface area contributed by atoms with Crippen molar-refractivity contribution in [3.8, 4) is 0 Å². The van der Waals surface area contributed by atoms with Crippen molar-refractivity contribution in [3.05, 3.63) is 70.2 Å². The monoisotopic (exact) mass is 402 g/mol. The molecule has 0 fully saturated rings. The van der Waals surface area contributed by atoms with Crippen molar-refractivity contribution in [3.63, 3.8) is 0 Å². The van der Waals surface area contributed by atoms with E-state index in [9.17, 15) is 9.59 Å². The van der Waals surface area contributed by atoms with Gasteiger partial charge in [0.05, 0.1) is 23.7 Å². The molecule has 0 aliphatic heterocycles. The van der Waals surface area contributed by atoms with Gasteiger partial charge < -0.3 is 15.5 Å². The maximum Gasteiger partial charge on any atom is 0.253 e. The predicted molar refractivity (Wildman–Crippen MR) is 112 cm³/mol. The van der Waals surface area contributed by atoms with E-state index in [1.807, 2.05) is 12.1 Å². The number of nitrogens with one attached hydrogen (secondary N) is 3. The molecule has 5 nitrogen and oxygen atoms in total. The number of amides is 2. The van der Waals surface area contributed by atoms with Gasteiger partial charge in [-0.1, -0.05) is 48.0 Å². The molecular weight excluding hydrogens is 374 g/mol. The van der Waals surface area contributed by atoms with E-state index in [-0.39, 0.29) is 11.8 Å². The summed E-state index contributed by atoms with van der Waals surface area (Å²) in [7, 11) is 0. The minimum atomic E-state index is -0.658. The molecule has 0 bridgehead atoms. The lowest BCUT2D eigenvalue weighted by molar-refractivity contribution is -0.910. The molecule has 0 aliphatic rings. The number of hydrogen-bond donors (Lipinski definition) is 3. The Morgan fingerprint density at radius 3 is 2.21 bits per heavy atom. The van der Waals surface area contributed by atoms with E-state index in [2.05, 4.69) is 36.6 Å². The first kappa shape index (κ1) is 21.9. The second-order valence-corrected chi connectivity index (χ2v) is 7.25. The van der Waals surface area contributed by atoms with Gasteiger partial charge in [0.2, 0.25) is 5.91 Å². The third kappa shape index (κ3) is 6.36. The van der Waals surface area contributed by atoms with Crippen LogP contribution in [-0.4, -0.2) is 30.9 Å². The molecule has 0 heterocycles. The fourth-order valence-corrected chi connectivity index (χ4v) is 3.11. The van der Waals surface area contributed by atoms with Crippen LogP contribution in [0.5, 0.6) is 0 Å². The summed E-state index contributed by atoms with van der Waals surface area (Å²) >= 11 is 6.02. The molecule has 2 aromatic carbocycles. The number of quaternary nitrogens is 1. The van der Waals surface area contributed by atoms with Crippen LogP contribution in [0, 0.1) is 0 Å². The van der Waals surface area contributed by atoms with Gasteiger partial charge in [0, 0.05) is 12.1 Å². The van der Waals surface area contributed by atoms with Crippen LogP contribution in [0.1, 0.15) is 42.3 Å². The highest BCUT2D eigenvalue weighted by atomic mass is 35.5. The number of rotatable bonds is 9. The highest BCUT2D eigenvalue weighted by molar-refractivity contribution is 6.33. The van der Waals surface area contributed by atoms with Gasteiger partial charge in [-0.2, -0.15) is 0 Å². The average Bonchev–Trinajstić information content (AvgIpc) is 2.71. The van der Waals surface area contributed by atoms with Gasteiger partial charge in [0.15, 0.2) is 0 Å². The Balaban J connectivity index is 1.84. The van der Waals surface area contributed by atoms with Crippen molar-refractivity contribution in [2.24, 2.45) is 0 Å². The number of halogens is 1. The Bertz CT molecular complexity index is 789. The molecule has 2 amide bonds. The normalized spacial score (nSPS) is 11.9. The summed E-state index contributed by atoms with van der Waals surface area (Å²) in [5.41, 5.74) is 2.67. The Labute approximate surface area is 172 Å². The topological polar surface area (TPSA) is 62.6 Å². The lowest BCUT2D eigenvalue weighted by Crippen LogP contribution is -3.10. The van der Waals surface area contributed by atoms with Crippen molar-refractivity contribution in [1.29, 1.82) is 0 Å². The molecule has 0 spiro atoms. The molecule has 0 aliphatic carbocycles. The Kier molecular flexibility index (Phi) is 8.48. The smallest absolute Gasteiger partial charge is 0.253 e. The van der Waals surface area contributed by atoms with Crippen molar-refractivity contribution in [2.75, 3.05) is 13.1 Å². The van der Waals surface area contributed by atoms with Gasteiger partial charge in [0.1, 0.15) is 12.6 Å². The maximum atomic E-state index is 12.3. The average molecular weight is 403 g/mol. The summed E-state index contributed by atoms with van der Waals surface area (Å²) < 4.78 is 0. The van der Waals surface area contributed by atoms with E-state index < -0.39 is 6.04 Å². The molecule has 3 N–H and O–H groups in total. The second kappa shape index (κ2) is 10.8. The first-order valence-corrected chi connectivity index (χ1v) is 10.1. The van der Waals surface area contributed by atoms with Crippen molar-refractivity contribution >= 4 is 23.4 Å². The molecule has 0 unspecified atom stereocenters. The third-order valence-electron chi connectivity index (χ3n) is 4.80. The highest BCUT2D eigenvalue weighted by Gasteiger charge is 2.17. The molecule has 0 aromatic heterocycles. The molecule has 6 heteroatoms. The van der Waals surface area contributed by atoms with Crippen LogP contribution in [-0.2, 0) is 17.9 Å². The molecule has 2 rings (SSSR count). The molecular formula is C22H29ClN3O2+. The van der Waals surface area contributed by atoms with Gasteiger partial charge in [-0.3, -0.25) is 9.59 Å². The summed E-state index contributed by atoms with van der Waals surface area (Å²) in [6.45, 7) is 9.66. The fourth-order valence-electron chi connectivity index (χ4n) is 2.89. The number of carbonyl (C=O) groups excluding carboxylic acids is 2. The van der Waals surface area contributed by atoms with E-state index in [0.717, 1.165) is 25.2 Å². The first-order chi connectivity index (χ1) is 13.4. The fraction of sp³-hybridized carbons (Fsp3) is 0.364. The summed E-state index contributed by atoms with van der Waals surface area (Å²) in [5.74, 6) is -0.603. The molecule has 0 saturated heterocycles. The summed E-state index contributed by atoms with van der Waals surface area (Å²) in [4.78, 5) is 26.1. The molecule has 0 saturated carbocycles. The van der Waals surface area contributed by atoms with Gasteiger partial charge in [0.25, 0.3) is 5.91 Å². The second-order valence-electron chi connectivity index (χ2n) is 6.84. The summed E-state index contributed by atoms with van der Waals surface area (Å²) in [6.07, 6.45) is 0. The summed E-state index contributed by atoms with van der Waals surface area (Å²) in [5, 5.41) is 5.90. The molecule has 2 aromatic rings. The summed E-state index contributed by atoms with van der Waals surface area (Å²) in [6, 6.07) is 14.4. The third-order valence-corrected chi connectivity index (χ3v) is 5.13. The maximum absolute atomic E-state index is 12.3. The zero-order chi connectivity index (χ0) is 20.5. The van der Waals surface area contributed by atoms with Crippen LogP contribution in [0.3, 0.4) is 0 Å². The standard InChI is InChI=1S/C22H28ClN3O2/c1-4-26(5-2)15-18-12-10-17(11-13-18)14-24-21(27)16(3)25-22(28)19-8-6-7-9-20(19)23/h6-13,16H,4-5,14-15H2,1-3H3,(H,24,27)(H,25,28)/p+1/t16-/m0/s1. The van der Waals surface area contributed by atoms with Crippen molar-refractivity contribution in [2.45, 2.75) is 39.9 Å². The van der Waals surface area contributed by atoms with Crippen LogP contribution < -0.4 is 15.5 Å². The minimum Gasteiger partial charge on any atom is -0.350 e.